The highest BCUT2D eigenvalue weighted by molar-refractivity contribution is 14.1. The zero-order valence-electron chi connectivity index (χ0n) is 12.0. The molecule has 1 heterocycles. The molecule has 0 aromatic carbocycles. The molecule has 1 aromatic heterocycles. The van der Waals surface area contributed by atoms with Crippen molar-refractivity contribution in [1.29, 1.82) is 0 Å². The Hall–Kier alpha value is -0.390. The van der Waals surface area contributed by atoms with Gasteiger partial charge in [0.1, 0.15) is 11.6 Å². The second kappa shape index (κ2) is 7.41. The third kappa shape index (κ3) is 3.80. The van der Waals surface area contributed by atoms with Crippen molar-refractivity contribution >= 4 is 28.4 Å². The summed E-state index contributed by atoms with van der Waals surface area (Å²) in [4.78, 5) is 9.65. The Morgan fingerprint density at radius 1 is 1.16 bits per heavy atom. The molecule has 0 saturated heterocycles. The minimum absolute atomic E-state index is 0.571. The van der Waals surface area contributed by atoms with E-state index in [1.807, 2.05) is 7.05 Å². The predicted octanol–water partition coefficient (Wildman–Crippen LogP) is 4.51. The Bertz CT molecular complexity index is 412. The molecule has 19 heavy (non-hydrogen) atoms. The molecule has 0 bridgehead atoms. The molecule has 0 aliphatic heterocycles. The lowest BCUT2D eigenvalue weighted by Gasteiger charge is -2.16. The largest absolute Gasteiger partial charge is 0.372 e. The van der Waals surface area contributed by atoms with Gasteiger partial charge in [0.2, 0.25) is 0 Å². The number of nitrogens with zero attached hydrogens (tertiary/aromatic N) is 2. The van der Waals surface area contributed by atoms with Crippen molar-refractivity contribution in [1.82, 2.24) is 9.97 Å². The van der Waals surface area contributed by atoms with Gasteiger partial charge < -0.3 is 5.32 Å². The van der Waals surface area contributed by atoms with Crippen LogP contribution in [0.15, 0.2) is 0 Å². The van der Waals surface area contributed by atoms with Gasteiger partial charge in [0.05, 0.1) is 9.26 Å². The van der Waals surface area contributed by atoms with Crippen molar-refractivity contribution in [3.8, 4) is 0 Å². The number of hydrogen-bond acceptors (Lipinski definition) is 3. The molecule has 1 N–H and O–H groups in total. The van der Waals surface area contributed by atoms with Crippen LogP contribution in [0.5, 0.6) is 0 Å². The number of aryl methyl sites for hydroxylation is 1. The second-order valence-electron chi connectivity index (χ2n) is 5.38. The molecular weight excluding hydrogens is 349 g/mol. The fourth-order valence-corrected chi connectivity index (χ4v) is 3.58. The van der Waals surface area contributed by atoms with Crippen LogP contribution in [0.1, 0.15) is 69.3 Å². The van der Waals surface area contributed by atoms with Crippen LogP contribution < -0.4 is 5.32 Å². The summed E-state index contributed by atoms with van der Waals surface area (Å²) in [6.45, 7) is 2.21. The molecule has 0 atom stereocenters. The number of aromatic nitrogens is 2. The van der Waals surface area contributed by atoms with Gasteiger partial charge in [0.15, 0.2) is 0 Å². The number of nitrogens with one attached hydrogen (secondary N) is 1. The Balaban J connectivity index is 2.30. The Morgan fingerprint density at radius 3 is 2.42 bits per heavy atom. The van der Waals surface area contributed by atoms with E-state index in [2.05, 4.69) is 34.8 Å². The maximum absolute atomic E-state index is 4.88. The monoisotopic (exact) mass is 373 g/mol. The lowest BCUT2D eigenvalue weighted by Crippen LogP contribution is -2.11. The molecule has 0 unspecified atom stereocenters. The summed E-state index contributed by atoms with van der Waals surface area (Å²) in [5, 5.41) is 3.23. The van der Waals surface area contributed by atoms with Crippen molar-refractivity contribution < 1.29 is 0 Å². The quantitative estimate of drug-likeness (QED) is 0.623. The van der Waals surface area contributed by atoms with Gasteiger partial charge in [-0.15, -0.1) is 0 Å². The van der Waals surface area contributed by atoms with Crippen molar-refractivity contribution in [3.05, 3.63) is 15.1 Å². The van der Waals surface area contributed by atoms with Crippen LogP contribution in [-0.4, -0.2) is 17.0 Å². The summed E-state index contributed by atoms with van der Waals surface area (Å²) in [6, 6.07) is 0. The van der Waals surface area contributed by atoms with Gasteiger partial charge in [-0.2, -0.15) is 0 Å². The molecule has 0 spiro atoms. The van der Waals surface area contributed by atoms with E-state index >= 15 is 0 Å². The van der Waals surface area contributed by atoms with E-state index in [-0.39, 0.29) is 0 Å². The molecular formula is C15H24IN3. The Kier molecular flexibility index (Phi) is 5.85. The first-order valence-corrected chi connectivity index (χ1v) is 8.58. The maximum Gasteiger partial charge on any atom is 0.143 e. The summed E-state index contributed by atoms with van der Waals surface area (Å²) in [6.07, 6.45) is 10.1. The van der Waals surface area contributed by atoms with Gasteiger partial charge in [-0.05, 0) is 41.9 Å². The number of anilines is 1. The average Bonchev–Trinajstić information content (AvgIpc) is 2.70. The molecule has 2 rings (SSSR count). The molecule has 0 radical (unpaired) electrons. The summed E-state index contributed by atoms with van der Waals surface area (Å²) in [5.41, 5.74) is 1.22. The smallest absolute Gasteiger partial charge is 0.143 e. The van der Waals surface area contributed by atoms with E-state index in [1.165, 1.54) is 47.8 Å². The summed E-state index contributed by atoms with van der Waals surface area (Å²) in [7, 11) is 1.96. The first-order chi connectivity index (χ1) is 9.26. The highest BCUT2D eigenvalue weighted by Crippen LogP contribution is 2.31. The van der Waals surface area contributed by atoms with E-state index in [0.717, 1.165) is 24.5 Å². The first kappa shape index (κ1) is 15.0. The Morgan fingerprint density at radius 2 is 1.84 bits per heavy atom. The minimum Gasteiger partial charge on any atom is -0.372 e. The van der Waals surface area contributed by atoms with Crippen LogP contribution in [-0.2, 0) is 6.42 Å². The number of hydrogen-bond donors (Lipinski definition) is 1. The van der Waals surface area contributed by atoms with Crippen molar-refractivity contribution in [2.45, 2.75) is 64.2 Å². The van der Waals surface area contributed by atoms with Crippen LogP contribution >= 0.6 is 22.6 Å². The van der Waals surface area contributed by atoms with Crippen molar-refractivity contribution in [3.63, 3.8) is 0 Å². The van der Waals surface area contributed by atoms with Gasteiger partial charge in [0.25, 0.3) is 0 Å². The lowest BCUT2D eigenvalue weighted by atomic mass is 9.99. The van der Waals surface area contributed by atoms with Crippen LogP contribution in [0.2, 0.25) is 0 Å². The van der Waals surface area contributed by atoms with Gasteiger partial charge in [-0.25, -0.2) is 9.97 Å². The molecule has 106 valence electrons. The SMILES string of the molecule is CCCc1nc(C2CCCCCC2)nc(NC)c1I. The normalized spacial score (nSPS) is 17.2. The lowest BCUT2D eigenvalue weighted by molar-refractivity contribution is 0.557. The first-order valence-electron chi connectivity index (χ1n) is 7.50. The number of halogens is 1. The third-order valence-corrected chi connectivity index (χ3v) is 5.01. The minimum atomic E-state index is 0.571. The summed E-state index contributed by atoms with van der Waals surface area (Å²) >= 11 is 2.37. The molecule has 1 saturated carbocycles. The molecule has 0 amide bonds. The molecule has 4 heteroatoms. The Labute approximate surface area is 130 Å². The fraction of sp³-hybridized carbons (Fsp3) is 0.733. The molecule has 1 aliphatic rings. The highest BCUT2D eigenvalue weighted by Gasteiger charge is 2.20. The van der Waals surface area contributed by atoms with E-state index < -0.39 is 0 Å². The fourth-order valence-electron chi connectivity index (χ4n) is 2.80. The molecule has 1 aromatic rings. The van der Waals surface area contributed by atoms with Crippen LogP contribution in [0, 0.1) is 3.57 Å². The molecule has 1 fully saturated rings. The average molecular weight is 373 g/mol. The van der Waals surface area contributed by atoms with Gasteiger partial charge in [-0.3, -0.25) is 0 Å². The standard InChI is InChI=1S/C15H24IN3/c1-3-8-12-13(16)15(17-2)19-14(18-12)11-9-6-4-5-7-10-11/h11H,3-10H2,1-2H3,(H,17,18,19). The van der Waals surface area contributed by atoms with Crippen LogP contribution in [0.4, 0.5) is 5.82 Å². The van der Waals surface area contributed by atoms with Crippen molar-refractivity contribution in [2.24, 2.45) is 0 Å². The van der Waals surface area contributed by atoms with Crippen LogP contribution in [0.25, 0.3) is 0 Å². The van der Waals surface area contributed by atoms with Gasteiger partial charge in [-0.1, -0.05) is 39.0 Å². The van der Waals surface area contributed by atoms with Crippen LogP contribution in [0.3, 0.4) is 0 Å². The molecule has 1 aliphatic carbocycles. The third-order valence-electron chi connectivity index (χ3n) is 3.88. The van der Waals surface area contributed by atoms with E-state index in [0.29, 0.717) is 5.92 Å². The second-order valence-corrected chi connectivity index (χ2v) is 6.46. The summed E-state index contributed by atoms with van der Waals surface area (Å²) in [5.74, 6) is 2.66. The highest BCUT2D eigenvalue weighted by atomic mass is 127. The van der Waals surface area contributed by atoms with E-state index in [4.69, 9.17) is 9.97 Å². The number of rotatable bonds is 4. The van der Waals surface area contributed by atoms with E-state index in [9.17, 15) is 0 Å². The van der Waals surface area contributed by atoms with Crippen molar-refractivity contribution in [2.75, 3.05) is 12.4 Å². The van der Waals surface area contributed by atoms with Gasteiger partial charge in [0, 0.05) is 13.0 Å². The topological polar surface area (TPSA) is 37.8 Å². The maximum atomic E-state index is 4.88. The summed E-state index contributed by atoms with van der Waals surface area (Å²) < 4.78 is 1.19. The van der Waals surface area contributed by atoms with E-state index in [1.54, 1.807) is 0 Å². The van der Waals surface area contributed by atoms with Gasteiger partial charge >= 0.3 is 0 Å². The molecule has 3 nitrogen and oxygen atoms in total. The zero-order valence-corrected chi connectivity index (χ0v) is 14.2. The predicted molar refractivity (Wildman–Crippen MR) is 88.7 cm³/mol. The zero-order chi connectivity index (χ0) is 13.7.